The average molecular weight is 413 g/mol. The van der Waals surface area contributed by atoms with Crippen molar-refractivity contribution in [3.8, 4) is 0 Å². The predicted molar refractivity (Wildman–Crippen MR) is 112 cm³/mol. The fourth-order valence-corrected chi connectivity index (χ4v) is 5.42. The van der Waals surface area contributed by atoms with Gasteiger partial charge >= 0.3 is 0 Å². The van der Waals surface area contributed by atoms with Gasteiger partial charge in [0.1, 0.15) is 5.82 Å². The number of imidazole rings is 1. The second kappa shape index (κ2) is 7.88. The third kappa shape index (κ3) is 3.57. The molecule has 2 aliphatic rings. The Bertz CT molecular complexity index is 1020. The Kier molecular flexibility index (Phi) is 5.09. The van der Waals surface area contributed by atoms with E-state index in [9.17, 15) is 9.18 Å². The number of likely N-dealkylation sites (tertiary alicyclic amines) is 2. The normalized spacial score (nSPS) is 20.6. The third-order valence-electron chi connectivity index (χ3n) is 6.16. The molecule has 0 N–H and O–H groups in total. The molecule has 5 nitrogen and oxygen atoms in total. The van der Waals surface area contributed by atoms with Gasteiger partial charge in [0.15, 0.2) is 10.7 Å². The Hall–Kier alpha value is -2.25. The van der Waals surface area contributed by atoms with Gasteiger partial charge in [-0.25, -0.2) is 9.37 Å². The van der Waals surface area contributed by atoms with Gasteiger partial charge in [-0.05, 0) is 49.9 Å². The maximum absolute atomic E-state index is 13.9. The van der Waals surface area contributed by atoms with E-state index in [1.54, 1.807) is 23.5 Å². The first-order valence-corrected chi connectivity index (χ1v) is 11.3. The molecule has 152 valence electrons. The zero-order valence-corrected chi connectivity index (χ0v) is 17.2. The molecule has 2 aliphatic heterocycles. The summed E-state index contributed by atoms with van der Waals surface area (Å²) in [5.74, 6) is -0.143. The fraction of sp³-hybridized carbons (Fsp3) is 0.455. The number of hydrogen-bond acceptors (Lipinski definition) is 4. The standard InChI is InChI=1S/C22H25FN4OS/c23-17-7-5-6-16(14-17)18-8-1-2-11-26(18)15-19-20(21(28)25-9-3-4-10-25)24-22-27(19)12-13-29-22/h5-7,12-14,18H,1-4,8-11,15H2. The van der Waals surface area contributed by atoms with Crippen molar-refractivity contribution in [2.45, 2.75) is 44.7 Å². The van der Waals surface area contributed by atoms with E-state index < -0.39 is 0 Å². The molecule has 4 heterocycles. The van der Waals surface area contributed by atoms with Crippen LogP contribution in [0.25, 0.3) is 4.96 Å². The van der Waals surface area contributed by atoms with Crippen LogP contribution in [0.15, 0.2) is 35.8 Å². The summed E-state index contributed by atoms with van der Waals surface area (Å²) in [6.45, 7) is 3.22. The minimum absolute atomic E-state index is 0.0488. The van der Waals surface area contributed by atoms with E-state index in [4.69, 9.17) is 4.98 Å². The number of fused-ring (bicyclic) bond motifs is 1. The lowest BCUT2D eigenvalue weighted by Gasteiger charge is -2.36. The van der Waals surface area contributed by atoms with Crippen LogP contribution < -0.4 is 0 Å². The van der Waals surface area contributed by atoms with E-state index in [1.165, 1.54) is 6.07 Å². The number of halogens is 1. The van der Waals surface area contributed by atoms with Gasteiger partial charge in [-0.3, -0.25) is 14.1 Å². The monoisotopic (exact) mass is 412 g/mol. The summed E-state index contributed by atoms with van der Waals surface area (Å²) in [6, 6.07) is 7.11. The van der Waals surface area contributed by atoms with E-state index >= 15 is 0 Å². The van der Waals surface area contributed by atoms with Crippen molar-refractivity contribution in [2.24, 2.45) is 0 Å². The second-order valence-corrected chi connectivity index (χ2v) is 8.87. The first-order chi connectivity index (χ1) is 14.2. The molecule has 2 aromatic heterocycles. The zero-order valence-electron chi connectivity index (χ0n) is 16.4. The molecule has 29 heavy (non-hydrogen) atoms. The maximum atomic E-state index is 13.9. The summed E-state index contributed by atoms with van der Waals surface area (Å²) in [7, 11) is 0. The van der Waals surface area contributed by atoms with Crippen molar-refractivity contribution in [1.82, 2.24) is 19.2 Å². The van der Waals surface area contributed by atoms with Crippen LogP contribution in [-0.2, 0) is 6.54 Å². The smallest absolute Gasteiger partial charge is 0.274 e. The topological polar surface area (TPSA) is 40.9 Å². The van der Waals surface area contributed by atoms with Crippen molar-refractivity contribution in [2.75, 3.05) is 19.6 Å². The summed E-state index contributed by atoms with van der Waals surface area (Å²) in [6.07, 6.45) is 7.40. The molecule has 0 spiro atoms. The van der Waals surface area contributed by atoms with Crippen LogP contribution in [0, 0.1) is 5.82 Å². The first-order valence-electron chi connectivity index (χ1n) is 10.4. The van der Waals surface area contributed by atoms with Gasteiger partial charge in [-0.2, -0.15) is 0 Å². The molecule has 0 bridgehead atoms. The van der Waals surface area contributed by atoms with Gasteiger partial charge in [-0.1, -0.05) is 18.6 Å². The first kappa shape index (κ1) is 18.8. The Morgan fingerprint density at radius 1 is 1.17 bits per heavy atom. The predicted octanol–water partition coefficient (Wildman–Crippen LogP) is 4.50. The number of nitrogens with zero attached hydrogens (tertiary/aromatic N) is 4. The summed E-state index contributed by atoms with van der Waals surface area (Å²) < 4.78 is 15.9. The van der Waals surface area contributed by atoms with Crippen LogP contribution in [0.2, 0.25) is 0 Å². The summed E-state index contributed by atoms with van der Waals surface area (Å²) in [5.41, 5.74) is 2.56. The van der Waals surface area contributed by atoms with Gasteiger partial charge in [-0.15, -0.1) is 11.3 Å². The highest BCUT2D eigenvalue weighted by molar-refractivity contribution is 7.15. The van der Waals surface area contributed by atoms with Gasteiger partial charge in [0.05, 0.1) is 5.69 Å². The van der Waals surface area contributed by atoms with Gasteiger partial charge < -0.3 is 4.90 Å². The quantitative estimate of drug-likeness (QED) is 0.634. The van der Waals surface area contributed by atoms with Crippen LogP contribution in [0.5, 0.6) is 0 Å². The number of thiazole rings is 1. The number of carbonyl (C=O) groups is 1. The number of amides is 1. The van der Waals surface area contributed by atoms with Crippen LogP contribution in [0.1, 0.15) is 59.9 Å². The van der Waals surface area contributed by atoms with E-state index in [2.05, 4.69) is 9.30 Å². The zero-order chi connectivity index (χ0) is 19.8. The maximum Gasteiger partial charge on any atom is 0.274 e. The lowest BCUT2D eigenvalue weighted by molar-refractivity contribution is 0.0782. The lowest BCUT2D eigenvalue weighted by atomic mass is 9.95. The number of benzene rings is 1. The molecule has 1 amide bonds. The van der Waals surface area contributed by atoms with Crippen molar-refractivity contribution in [1.29, 1.82) is 0 Å². The summed E-state index contributed by atoms with van der Waals surface area (Å²) in [4.78, 5) is 23.0. The van der Waals surface area contributed by atoms with E-state index in [0.717, 1.165) is 68.0 Å². The highest BCUT2D eigenvalue weighted by Gasteiger charge is 2.30. The molecule has 7 heteroatoms. The van der Waals surface area contributed by atoms with Crippen molar-refractivity contribution in [3.63, 3.8) is 0 Å². The number of hydrogen-bond donors (Lipinski definition) is 0. The molecular weight excluding hydrogens is 387 g/mol. The number of aromatic nitrogens is 2. The van der Waals surface area contributed by atoms with Crippen molar-refractivity contribution in [3.05, 3.63) is 58.6 Å². The van der Waals surface area contributed by atoms with Crippen LogP contribution in [-0.4, -0.2) is 44.7 Å². The van der Waals surface area contributed by atoms with Crippen molar-refractivity contribution < 1.29 is 9.18 Å². The molecule has 1 aromatic carbocycles. The molecule has 0 radical (unpaired) electrons. The van der Waals surface area contributed by atoms with Gasteiger partial charge in [0.2, 0.25) is 0 Å². The molecule has 0 saturated carbocycles. The van der Waals surface area contributed by atoms with Crippen molar-refractivity contribution >= 4 is 22.2 Å². The third-order valence-corrected chi connectivity index (χ3v) is 6.91. The number of piperidine rings is 1. The van der Waals surface area contributed by atoms with E-state index in [1.807, 2.05) is 22.5 Å². The number of carbonyl (C=O) groups excluding carboxylic acids is 1. The highest BCUT2D eigenvalue weighted by atomic mass is 32.1. The van der Waals surface area contributed by atoms with Gasteiger partial charge in [0, 0.05) is 37.3 Å². The Morgan fingerprint density at radius 2 is 2.00 bits per heavy atom. The fourth-order valence-electron chi connectivity index (χ4n) is 4.69. The Labute approximate surface area is 173 Å². The van der Waals surface area contributed by atoms with Gasteiger partial charge in [0.25, 0.3) is 5.91 Å². The van der Waals surface area contributed by atoms with Crippen LogP contribution in [0.3, 0.4) is 0 Å². The van der Waals surface area contributed by atoms with Crippen LogP contribution in [0.4, 0.5) is 4.39 Å². The van der Waals surface area contributed by atoms with E-state index in [-0.39, 0.29) is 17.8 Å². The summed E-state index contributed by atoms with van der Waals surface area (Å²) in [5, 5.41) is 2.01. The van der Waals surface area contributed by atoms with E-state index in [0.29, 0.717) is 12.2 Å². The molecule has 1 unspecified atom stereocenters. The second-order valence-electron chi connectivity index (χ2n) is 8.00. The molecule has 2 fully saturated rings. The molecular formula is C22H25FN4OS. The Balaban J connectivity index is 1.49. The minimum Gasteiger partial charge on any atom is -0.337 e. The SMILES string of the molecule is O=C(c1nc2sccn2c1CN1CCCCC1c1cccc(F)c1)N1CCCC1. The molecule has 5 rings (SSSR count). The van der Waals surface area contributed by atoms with Crippen LogP contribution >= 0.6 is 11.3 Å². The summed E-state index contributed by atoms with van der Waals surface area (Å²) >= 11 is 1.56. The molecule has 1 atom stereocenters. The largest absolute Gasteiger partial charge is 0.337 e. The Morgan fingerprint density at radius 3 is 2.83 bits per heavy atom. The lowest BCUT2D eigenvalue weighted by Crippen LogP contribution is -2.35. The molecule has 0 aliphatic carbocycles. The molecule has 3 aromatic rings. The minimum atomic E-state index is -0.192. The molecule has 2 saturated heterocycles. The number of rotatable bonds is 4. The highest BCUT2D eigenvalue weighted by Crippen LogP contribution is 2.33. The average Bonchev–Trinajstić information content (AvgIpc) is 3.47.